The fourth-order valence-electron chi connectivity index (χ4n) is 3.44. The molecule has 0 saturated heterocycles. The number of hydrogen-bond donors (Lipinski definition) is 2. The van der Waals surface area contributed by atoms with Gasteiger partial charge in [0.25, 0.3) is 0 Å². The van der Waals surface area contributed by atoms with Crippen LogP contribution in [-0.2, 0) is 16.1 Å². The average Bonchev–Trinajstić information content (AvgIpc) is 3.44. The molecular weight excluding hydrogens is 312 g/mol. The molecule has 2 fully saturated rings. The zero-order chi connectivity index (χ0) is 18.2. The average molecular weight is 340 g/mol. The first kappa shape index (κ1) is 17.7. The third-order valence-electron chi connectivity index (χ3n) is 5.34. The van der Waals surface area contributed by atoms with Crippen LogP contribution < -0.4 is 10.6 Å². The van der Waals surface area contributed by atoms with Crippen molar-refractivity contribution in [3.8, 4) is 0 Å². The van der Waals surface area contributed by atoms with Gasteiger partial charge >= 0.3 is 0 Å². The second-order valence-electron chi connectivity index (χ2n) is 8.25. The summed E-state index contributed by atoms with van der Waals surface area (Å²) >= 11 is 0. The maximum absolute atomic E-state index is 12.5. The minimum Gasteiger partial charge on any atom is -0.352 e. The van der Waals surface area contributed by atoms with E-state index in [0.29, 0.717) is 12.5 Å². The SMILES string of the molecule is CC(C)=CC1C(C(=O)NCc2ccc(NC(=O)C3CC3)cc2)C1(C)C. The molecule has 2 saturated carbocycles. The van der Waals surface area contributed by atoms with Crippen molar-refractivity contribution in [2.24, 2.45) is 23.2 Å². The summed E-state index contributed by atoms with van der Waals surface area (Å²) in [6.45, 7) is 8.97. The van der Waals surface area contributed by atoms with Gasteiger partial charge in [0.05, 0.1) is 5.92 Å². The van der Waals surface area contributed by atoms with Crippen molar-refractivity contribution in [3.63, 3.8) is 0 Å². The minimum absolute atomic E-state index is 0.0400. The summed E-state index contributed by atoms with van der Waals surface area (Å²) in [7, 11) is 0. The highest BCUT2D eigenvalue weighted by atomic mass is 16.2. The molecule has 3 rings (SSSR count). The maximum Gasteiger partial charge on any atom is 0.227 e. The molecule has 0 spiro atoms. The van der Waals surface area contributed by atoms with E-state index in [1.54, 1.807) is 0 Å². The van der Waals surface area contributed by atoms with Gasteiger partial charge in [-0.25, -0.2) is 0 Å². The number of benzene rings is 1. The molecule has 0 radical (unpaired) electrons. The normalized spacial score (nSPS) is 23.5. The van der Waals surface area contributed by atoms with E-state index in [4.69, 9.17) is 0 Å². The van der Waals surface area contributed by atoms with E-state index in [9.17, 15) is 9.59 Å². The van der Waals surface area contributed by atoms with Crippen LogP contribution in [0.2, 0.25) is 0 Å². The number of carbonyl (C=O) groups excluding carboxylic acids is 2. The van der Waals surface area contributed by atoms with Gasteiger partial charge in [-0.15, -0.1) is 0 Å². The van der Waals surface area contributed by atoms with Crippen LogP contribution in [0, 0.1) is 23.2 Å². The summed E-state index contributed by atoms with van der Waals surface area (Å²) < 4.78 is 0. The molecule has 2 unspecified atom stereocenters. The Labute approximate surface area is 150 Å². The lowest BCUT2D eigenvalue weighted by Crippen LogP contribution is -2.26. The van der Waals surface area contributed by atoms with E-state index in [2.05, 4.69) is 44.4 Å². The zero-order valence-corrected chi connectivity index (χ0v) is 15.6. The molecule has 2 atom stereocenters. The first-order valence-corrected chi connectivity index (χ1v) is 9.11. The number of carbonyl (C=O) groups is 2. The molecule has 2 aliphatic rings. The first-order valence-electron chi connectivity index (χ1n) is 9.11. The van der Waals surface area contributed by atoms with Gasteiger partial charge < -0.3 is 10.6 Å². The molecule has 0 bridgehead atoms. The summed E-state index contributed by atoms with van der Waals surface area (Å²) in [5.41, 5.74) is 3.16. The predicted octanol–water partition coefficient (Wildman–Crippen LogP) is 3.89. The summed E-state index contributed by atoms with van der Waals surface area (Å²) in [4.78, 5) is 24.2. The predicted molar refractivity (Wildman–Crippen MR) is 99.8 cm³/mol. The van der Waals surface area contributed by atoms with Crippen molar-refractivity contribution in [2.45, 2.75) is 47.1 Å². The molecule has 1 aromatic carbocycles. The van der Waals surface area contributed by atoms with Crippen LogP contribution in [0.5, 0.6) is 0 Å². The van der Waals surface area contributed by atoms with Crippen molar-refractivity contribution in [3.05, 3.63) is 41.5 Å². The number of amides is 2. The molecule has 2 aliphatic carbocycles. The molecule has 0 aromatic heterocycles. The summed E-state index contributed by atoms with van der Waals surface area (Å²) in [5, 5.41) is 5.98. The molecule has 4 heteroatoms. The molecular formula is C21H28N2O2. The molecule has 0 heterocycles. The lowest BCUT2D eigenvalue weighted by Gasteiger charge is -2.08. The van der Waals surface area contributed by atoms with Crippen LogP contribution in [0.15, 0.2) is 35.9 Å². The Morgan fingerprint density at radius 1 is 1.12 bits per heavy atom. The highest BCUT2D eigenvalue weighted by molar-refractivity contribution is 5.94. The van der Waals surface area contributed by atoms with Crippen LogP contribution in [-0.4, -0.2) is 11.8 Å². The highest BCUT2D eigenvalue weighted by Gasteiger charge is 2.60. The lowest BCUT2D eigenvalue weighted by molar-refractivity contribution is -0.123. The van der Waals surface area contributed by atoms with Crippen LogP contribution in [0.3, 0.4) is 0 Å². The van der Waals surface area contributed by atoms with Crippen molar-refractivity contribution in [1.29, 1.82) is 0 Å². The van der Waals surface area contributed by atoms with E-state index in [0.717, 1.165) is 24.1 Å². The number of nitrogens with one attached hydrogen (secondary N) is 2. The molecule has 4 nitrogen and oxygen atoms in total. The van der Waals surface area contributed by atoms with Gasteiger partial charge in [-0.05, 0) is 55.7 Å². The number of hydrogen-bond acceptors (Lipinski definition) is 2. The third kappa shape index (κ3) is 4.12. The molecule has 2 N–H and O–H groups in total. The highest BCUT2D eigenvalue weighted by Crippen LogP contribution is 2.59. The van der Waals surface area contributed by atoms with E-state index in [-0.39, 0.29) is 29.1 Å². The summed E-state index contributed by atoms with van der Waals surface area (Å²) in [6.07, 6.45) is 4.21. The van der Waals surface area contributed by atoms with E-state index in [1.807, 2.05) is 24.3 Å². The van der Waals surface area contributed by atoms with E-state index in [1.165, 1.54) is 5.57 Å². The second-order valence-corrected chi connectivity index (χ2v) is 8.25. The van der Waals surface area contributed by atoms with Gasteiger partial charge in [-0.1, -0.05) is 37.6 Å². The van der Waals surface area contributed by atoms with Crippen molar-refractivity contribution in [2.75, 3.05) is 5.32 Å². The Morgan fingerprint density at radius 2 is 1.76 bits per heavy atom. The standard InChI is InChI=1S/C21H28N2O2/c1-13(2)11-17-18(21(17,3)4)20(25)22-12-14-5-9-16(10-6-14)23-19(24)15-7-8-15/h5-6,9-11,15,17-18H,7-8,12H2,1-4H3,(H,22,25)(H,23,24). The summed E-state index contributed by atoms with van der Waals surface area (Å²) in [6, 6.07) is 7.70. The van der Waals surface area contributed by atoms with Crippen LogP contribution in [0.25, 0.3) is 0 Å². The Bertz CT molecular complexity index is 695. The van der Waals surface area contributed by atoms with Gasteiger partial charge in [0, 0.05) is 18.2 Å². The Kier molecular flexibility index (Phi) is 4.72. The first-order chi connectivity index (χ1) is 11.8. The van der Waals surface area contributed by atoms with Crippen molar-refractivity contribution >= 4 is 17.5 Å². The molecule has 0 aliphatic heterocycles. The van der Waals surface area contributed by atoms with E-state index < -0.39 is 0 Å². The Morgan fingerprint density at radius 3 is 2.32 bits per heavy atom. The van der Waals surface area contributed by atoms with Gasteiger partial charge in [-0.2, -0.15) is 0 Å². The third-order valence-corrected chi connectivity index (χ3v) is 5.34. The zero-order valence-electron chi connectivity index (χ0n) is 15.6. The fraction of sp³-hybridized carbons (Fsp3) is 0.524. The van der Waals surface area contributed by atoms with E-state index >= 15 is 0 Å². The van der Waals surface area contributed by atoms with Crippen molar-refractivity contribution < 1.29 is 9.59 Å². The molecule has 25 heavy (non-hydrogen) atoms. The largest absolute Gasteiger partial charge is 0.352 e. The van der Waals surface area contributed by atoms with Crippen LogP contribution in [0.1, 0.15) is 46.1 Å². The number of rotatable bonds is 6. The maximum atomic E-state index is 12.5. The smallest absolute Gasteiger partial charge is 0.227 e. The van der Waals surface area contributed by atoms with Gasteiger partial charge in [0.2, 0.25) is 11.8 Å². The second kappa shape index (κ2) is 6.66. The quantitative estimate of drug-likeness (QED) is 0.772. The lowest BCUT2D eigenvalue weighted by atomic mass is 10.1. The molecule has 2 amide bonds. The summed E-state index contributed by atoms with van der Waals surface area (Å²) in [5.74, 6) is 0.826. The van der Waals surface area contributed by atoms with Crippen LogP contribution >= 0.6 is 0 Å². The van der Waals surface area contributed by atoms with Gasteiger partial charge in [0.15, 0.2) is 0 Å². The topological polar surface area (TPSA) is 58.2 Å². The fourth-order valence-corrected chi connectivity index (χ4v) is 3.44. The van der Waals surface area contributed by atoms with Gasteiger partial charge in [0.1, 0.15) is 0 Å². The molecule has 1 aromatic rings. The van der Waals surface area contributed by atoms with Crippen LogP contribution in [0.4, 0.5) is 5.69 Å². The van der Waals surface area contributed by atoms with Gasteiger partial charge in [-0.3, -0.25) is 9.59 Å². The Hall–Kier alpha value is -2.10. The number of allylic oxidation sites excluding steroid dienone is 2. The minimum atomic E-state index is 0.0400. The van der Waals surface area contributed by atoms with Crippen molar-refractivity contribution in [1.82, 2.24) is 5.32 Å². The number of anilines is 1. The monoisotopic (exact) mass is 340 g/mol. The molecule has 134 valence electrons. The Balaban J connectivity index is 1.50.